The number of aromatic carboxylic acids is 1. The first-order valence-electron chi connectivity index (χ1n) is 10.5. The summed E-state index contributed by atoms with van der Waals surface area (Å²) in [6.45, 7) is 2.43. The molecule has 0 bridgehead atoms. The number of thioether (sulfide) groups is 1. The number of ether oxygens (including phenoxy) is 1. The molecule has 1 aliphatic heterocycles. The maximum Gasteiger partial charge on any atom is 0.335 e. The molecule has 0 atom stereocenters. The van der Waals surface area contributed by atoms with Crippen molar-refractivity contribution in [1.29, 1.82) is 0 Å². The summed E-state index contributed by atoms with van der Waals surface area (Å²) in [5.74, 6) is -1.37. The highest BCUT2D eigenvalue weighted by Gasteiger charge is 2.33. The number of hydrogen-bond acceptors (Lipinski definition) is 6. The fraction of sp³-hybridized carbons (Fsp3) is 0.0769. The second-order valence-corrected chi connectivity index (χ2v) is 9.36. The van der Waals surface area contributed by atoms with Gasteiger partial charge in [-0.15, -0.1) is 0 Å². The summed E-state index contributed by atoms with van der Waals surface area (Å²) in [6, 6.07) is 20.7. The van der Waals surface area contributed by atoms with Crippen LogP contribution >= 0.6 is 24.0 Å². The van der Waals surface area contributed by atoms with Gasteiger partial charge in [0.15, 0.2) is 4.32 Å². The van der Waals surface area contributed by atoms with E-state index in [0.29, 0.717) is 28.4 Å². The van der Waals surface area contributed by atoms with Gasteiger partial charge in [0.1, 0.15) is 12.4 Å². The standard InChI is InChI=1S/C26H20N2O5S2/c1-16-2-4-18(5-3-16)15-33-21-12-10-19(11-13-21)23(29)27-28-24(30)22(35-26(28)34)14-17-6-8-20(9-7-17)25(31)32/h2-14H,15H2,1H3,(H,27,29)(H,31,32)/b22-14+. The molecule has 1 fully saturated rings. The molecule has 176 valence electrons. The van der Waals surface area contributed by atoms with Crippen molar-refractivity contribution >= 4 is 52.2 Å². The van der Waals surface area contributed by atoms with Gasteiger partial charge in [-0.1, -0.05) is 53.7 Å². The van der Waals surface area contributed by atoms with Gasteiger partial charge in [-0.3, -0.25) is 15.0 Å². The Morgan fingerprint density at radius 3 is 2.26 bits per heavy atom. The molecule has 0 aromatic heterocycles. The van der Waals surface area contributed by atoms with Crippen molar-refractivity contribution in [2.24, 2.45) is 0 Å². The number of hydrogen-bond donors (Lipinski definition) is 2. The number of benzene rings is 3. The number of carbonyl (C=O) groups is 3. The van der Waals surface area contributed by atoms with Crippen LogP contribution in [0.1, 0.15) is 37.4 Å². The summed E-state index contributed by atoms with van der Waals surface area (Å²) in [5.41, 5.74) is 5.89. The number of hydrazine groups is 1. The SMILES string of the molecule is Cc1ccc(COc2ccc(C(=O)NN3C(=O)/C(=C\c4ccc(C(=O)O)cc4)SC3=S)cc2)cc1. The fourth-order valence-corrected chi connectivity index (χ4v) is 4.34. The lowest BCUT2D eigenvalue weighted by Crippen LogP contribution is -2.44. The van der Waals surface area contributed by atoms with Crippen molar-refractivity contribution in [3.63, 3.8) is 0 Å². The molecule has 3 aromatic carbocycles. The first-order chi connectivity index (χ1) is 16.8. The van der Waals surface area contributed by atoms with E-state index in [9.17, 15) is 14.4 Å². The highest BCUT2D eigenvalue weighted by atomic mass is 32.2. The summed E-state index contributed by atoms with van der Waals surface area (Å²) in [7, 11) is 0. The summed E-state index contributed by atoms with van der Waals surface area (Å²) in [4.78, 5) is 36.8. The van der Waals surface area contributed by atoms with Gasteiger partial charge in [0.05, 0.1) is 10.5 Å². The Morgan fingerprint density at radius 2 is 1.63 bits per heavy atom. The van der Waals surface area contributed by atoms with Crippen LogP contribution in [0.25, 0.3) is 6.08 Å². The van der Waals surface area contributed by atoms with Crippen LogP contribution in [0, 0.1) is 6.92 Å². The number of carboxylic acids is 1. The lowest BCUT2D eigenvalue weighted by atomic mass is 10.1. The van der Waals surface area contributed by atoms with E-state index in [2.05, 4.69) is 5.43 Å². The topological polar surface area (TPSA) is 95.9 Å². The quantitative estimate of drug-likeness (QED) is 0.352. The Balaban J connectivity index is 1.37. The molecule has 0 unspecified atom stereocenters. The first kappa shape index (κ1) is 24.2. The van der Waals surface area contributed by atoms with Crippen LogP contribution in [0.15, 0.2) is 77.7 Å². The molecule has 35 heavy (non-hydrogen) atoms. The summed E-state index contributed by atoms with van der Waals surface area (Å²) >= 11 is 6.31. The van der Waals surface area contributed by atoms with E-state index in [0.717, 1.165) is 22.3 Å². The molecule has 7 nitrogen and oxygen atoms in total. The average Bonchev–Trinajstić information content (AvgIpc) is 3.11. The van der Waals surface area contributed by atoms with Gasteiger partial charge in [0.25, 0.3) is 11.8 Å². The Labute approximate surface area is 211 Å². The van der Waals surface area contributed by atoms with Gasteiger partial charge in [0.2, 0.25) is 0 Å². The van der Waals surface area contributed by atoms with Gasteiger partial charge >= 0.3 is 5.97 Å². The largest absolute Gasteiger partial charge is 0.489 e. The molecule has 3 aromatic rings. The zero-order valence-corrected chi connectivity index (χ0v) is 20.2. The molecule has 9 heteroatoms. The van der Waals surface area contributed by atoms with Gasteiger partial charge in [-0.25, -0.2) is 4.79 Å². The van der Waals surface area contributed by atoms with Crippen molar-refractivity contribution < 1.29 is 24.2 Å². The molecule has 4 rings (SSSR count). The van der Waals surface area contributed by atoms with E-state index in [-0.39, 0.29) is 9.88 Å². The third-order valence-corrected chi connectivity index (χ3v) is 6.41. The minimum Gasteiger partial charge on any atom is -0.489 e. The van der Waals surface area contributed by atoms with Crippen LogP contribution in [0.4, 0.5) is 0 Å². The number of thiocarbonyl (C=S) groups is 1. The zero-order valence-electron chi connectivity index (χ0n) is 18.6. The third kappa shape index (κ3) is 5.95. The lowest BCUT2D eigenvalue weighted by Gasteiger charge is -2.15. The second-order valence-electron chi connectivity index (χ2n) is 7.68. The number of nitrogens with zero attached hydrogens (tertiary/aromatic N) is 1. The van der Waals surface area contributed by atoms with Crippen LogP contribution in [0.2, 0.25) is 0 Å². The number of aryl methyl sites for hydroxylation is 1. The van der Waals surface area contributed by atoms with E-state index in [1.54, 1.807) is 42.5 Å². The second kappa shape index (κ2) is 10.5. The zero-order chi connectivity index (χ0) is 24.9. The molecule has 0 spiro atoms. The molecular formula is C26H20N2O5S2. The number of amides is 2. The van der Waals surface area contributed by atoms with Crippen LogP contribution in [0.3, 0.4) is 0 Å². The molecule has 2 N–H and O–H groups in total. The first-order valence-corrected chi connectivity index (χ1v) is 11.7. The monoisotopic (exact) mass is 504 g/mol. The van der Waals surface area contributed by atoms with Crippen LogP contribution in [-0.4, -0.2) is 32.2 Å². The van der Waals surface area contributed by atoms with Crippen molar-refractivity contribution in [2.45, 2.75) is 13.5 Å². The van der Waals surface area contributed by atoms with Crippen molar-refractivity contribution in [2.75, 3.05) is 0 Å². The van der Waals surface area contributed by atoms with Crippen molar-refractivity contribution in [3.05, 3.63) is 106 Å². The fourth-order valence-electron chi connectivity index (χ4n) is 3.16. The Hall–Kier alpha value is -3.95. The van der Waals surface area contributed by atoms with Gasteiger partial charge < -0.3 is 9.84 Å². The summed E-state index contributed by atoms with van der Waals surface area (Å²) in [6.07, 6.45) is 1.59. The maximum absolute atomic E-state index is 12.8. The molecule has 1 saturated heterocycles. The Morgan fingerprint density at radius 1 is 1.00 bits per heavy atom. The third-order valence-electron chi connectivity index (χ3n) is 5.11. The van der Waals surface area contributed by atoms with Crippen molar-refractivity contribution in [1.82, 2.24) is 10.4 Å². The normalized spacial score (nSPS) is 14.3. The van der Waals surface area contributed by atoms with Gasteiger partial charge in [-0.2, -0.15) is 5.01 Å². The molecule has 0 saturated carbocycles. The minimum absolute atomic E-state index is 0.147. The van der Waals surface area contributed by atoms with E-state index < -0.39 is 17.8 Å². The number of nitrogens with one attached hydrogen (secondary N) is 1. The number of carboxylic acid groups (broad SMARTS) is 1. The van der Waals surface area contributed by atoms with Gasteiger partial charge in [-0.05, 0) is 72.7 Å². The summed E-state index contributed by atoms with van der Waals surface area (Å²) in [5, 5.41) is 10.0. The van der Waals surface area contributed by atoms with Crippen LogP contribution < -0.4 is 10.2 Å². The maximum atomic E-state index is 12.8. The van der Waals surface area contributed by atoms with E-state index in [1.807, 2.05) is 31.2 Å². The van der Waals surface area contributed by atoms with E-state index >= 15 is 0 Å². The van der Waals surface area contributed by atoms with E-state index in [1.165, 1.54) is 17.7 Å². The molecule has 1 aliphatic rings. The predicted molar refractivity (Wildman–Crippen MR) is 138 cm³/mol. The Kier molecular flexibility index (Phi) is 7.28. The molecular weight excluding hydrogens is 484 g/mol. The van der Waals surface area contributed by atoms with Crippen LogP contribution in [0.5, 0.6) is 5.75 Å². The minimum atomic E-state index is -1.03. The molecule has 0 aliphatic carbocycles. The highest BCUT2D eigenvalue weighted by Crippen LogP contribution is 2.31. The average molecular weight is 505 g/mol. The number of rotatable bonds is 7. The van der Waals surface area contributed by atoms with Crippen LogP contribution in [-0.2, 0) is 11.4 Å². The summed E-state index contributed by atoms with van der Waals surface area (Å²) < 4.78 is 5.95. The van der Waals surface area contributed by atoms with Crippen molar-refractivity contribution in [3.8, 4) is 5.75 Å². The van der Waals surface area contributed by atoms with E-state index in [4.69, 9.17) is 22.1 Å². The molecule has 2 amide bonds. The highest BCUT2D eigenvalue weighted by molar-refractivity contribution is 8.26. The number of carbonyl (C=O) groups excluding carboxylic acids is 2. The lowest BCUT2D eigenvalue weighted by molar-refractivity contribution is -0.123. The van der Waals surface area contributed by atoms with Gasteiger partial charge in [0, 0.05) is 5.56 Å². The molecule has 1 heterocycles. The molecule has 0 radical (unpaired) electrons. The Bertz CT molecular complexity index is 1320. The predicted octanol–water partition coefficient (Wildman–Crippen LogP) is 4.82. The smallest absolute Gasteiger partial charge is 0.335 e.